The normalized spacial score (nSPS) is 28.8. The molecular formula is C32H38N2O7. The number of nitrogens with one attached hydrogen (secondary N) is 1. The van der Waals surface area contributed by atoms with E-state index in [1.807, 2.05) is 13.0 Å². The summed E-state index contributed by atoms with van der Waals surface area (Å²) in [4.78, 5) is 27.4. The lowest BCUT2D eigenvalue weighted by Gasteiger charge is -2.59. The van der Waals surface area contributed by atoms with E-state index in [2.05, 4.69) is 10.2 Å². The summed E-state index contributed by atoms with van der Waals surface area (Å²) in [6, 6.07) is 10.2. The van der Waals surface area contributed by atoms with Crippen molar-refractivity contribution in [3.63, 3.8) is 0 Å². The number of benzene rings is 2. The van der Waals surface area contributed by atoms with Crippen LogP contribution in [0.25, 0.3) is 0 Å². The Balaban J connectivity index is 1.30. The monoisotopic (exact) mass is 562 g/mol. The Morgan fingerprint density at radius 2 is 1.90 bits per heavy atom. The molecule has 218 valence electrons. The van der Waals surface area contributed by atoms with E-state index in [1.54, 1.807) is 37.3 Å². The van der Waals surface area contributed by atoms with Crippen LogP contribution >= 0.6 is 0 Å². The Bertz CT molecular complexity index is 1410. The summed E-state index contributed by atoms with van der Waals surface area (Å²) in [6.07, 6.45) is 2.65. The van der Waals surface area contributed by atoms with Gasteiger partial charge in [0.1, 0.15) is 5.76 Å². The molecule has 2 fully saturated rings. The van der Waals surface area contributed by atoms with Gasteiger partial charge in [-0.25, -0.2) is 0 Å². The van der Waals surface area contributed by atoms with Crippen LogP contribution in [0.3, 0.4) is 0 Å². The molecular weight excluding hydrogens is 524 g/mol. The molecule has 2 aromatic carbocycles. The van der Waals surface area contributed by atoms with Crippen LogP contribution in [0.15, 0.2) is 47.7 Å². The van der Waals surface area contributed by atoms with E-state index in [0.717, 1.165) is 29.8 Å². The van der Waals surface area contributed by atoms with Crippen molar-refractivity contribution in [1.82, 2.24) is 4.90 Å². The lowest BCUT2D eigenvalue weighted by molar-refractivity contribution is -0.153. The minimum absolute atomic E-state index is 0.0434. The molecule has 0 radical (unpaired) electrons. The van der Waals surface area contributed by atoms with Crippen molar-refractivity contribution < 1.29 is 34.4 Å². The van der Waals surface area contributed by atoms with Crippen LogP contribution in [0.2, 0.25) is 0 Å². The summed E-state index contributed by atoms with van der Waals surface area (Å²) in [5.74, 6) is -0.209. The number of aromatic hydroxyl groups is 1. The summed E-state index contributed by atoms with van der Waals surface area (Å²) in [5.41, 5.74) is 0.747. The summed E-state index contributed by atoms with van der Waals surface area (Å²) in [5, 5.41) is 37.5. The number of fused-ring (bicyclic) bond motifs is 1. The third-order valence-corrected chi connectivity index (χ3v) is 9.58. The van der Waals surface area contributed by atoms with Gasteiger partial charge in [0, 0.05) is 23.8 Å². The number of anilines is 1. The third-order valence-electron chi connectivity index (χ3n) is 9.58. The fourth-order valence-electron chi connectivity index (χ4n) is 7.20. The molecule has 1 amide bonds. The molecule has 41 heavy (non-hydrogen) atoms. The molecule has 9 heteroatoms. The van der Waals surface area contributed by atoms with Crippen molar-refractivity contribution in [2.24, 2.45) is 5.92 Å². The second-order valence-electron chi connectivity index (χ2n) is 12.1. The molecule has 1 spiro atoms. The number of likely N-dealkylation sites (tertiary alicyclic amines) is 1. The molecule has 6 rings (SSSR count). The molecule has 2 aromatic rings. The quantitative estimate of drug-likeness (QED) is 0.218. The van der Waals surface area contributed by atoms with Crippen molar-refractivity contribution in [3.8, 4) is 11.5 Å². The number of carbonyl (C=O) groups is 2. The van der Waals surface area contributed by atoms with Crippen LogP contribution in [-0.2, 0) is 32.6 Å². The largest absolute Gasteiger partial charge is 0.508 e. The molecule has 4 N–H and O–H groups in total. The third kappa shape index (κ3) is 4.46. The number of ether oxygens (including phenoxy) is 2. The number of hydrogen-bond donors (Lipinski definition) is 4. The summed E-state index contributed by atoms with van der Waals surface area (Å²) < 4.78 is 11.3. The fraction of sp³-hybridized carbons (Fsp3) is 0.500. The SMILES string of the molecule is CCOC(=O)Cc1ccc(NC(=O)/C(C)=C(\O)[C@@H]2Oc3c(O)ccc4c3[C@@]23CCN(CC2CC2)[C@H](C4)[C@@]3(C)O)cc1. The first kappa shape index (κ1) is 27.6. The van der Waals surface area contributed by atoms with E-state index in [0.29, 0.717) is 31.1 Å². The highest BCUT2D eigenvalue weighted by molar-refractivity contribution is 6.03. The maximum absolute atomic E-state index is 13.3. The molecule has 4 aliphatic rings. The number of esters is 1. The van der Waals surface area contributed by atoms with Gasteiger partial charge in [0.2, 0.25) is 0 Å². The topological polar surface area (TPSA) is 129 Å². The van der Waals surface area contributed by atoms with Gasteiger partial charge < -0.3 is 30.1 Å². The number of aliphatic hydroxyl groups excluding tert-OH is 1. The second kappa shape index (κ2) is 10.1. The first-order valence-electron chi connectivity index (χ1n) is 14.5. The van der Waals surface area contributed by atoms with Crippen molar-refractivity contribution in [2.75, 3.05) is 25.0 Å². The van der Waals surface area contributed by atoms with Gasteiger partial charge in [0.15, 0.2) is 17.6 Å². The molecule has 2 aliphatic carbocycles. The van der Waals surface area contributed by atoms with Gasteiger partial charge in [-0.3, -0.25) is 14.5 Å². The predicted molar refractivity (Wildman–Crippen MR) is 152 cm³/mol. The van der Waals surface area contributed by atoms with Gasteiger partial charge >= 0.3 is 5.97 Å². The minimum atomic E-state index is -1.28. The van der Waals surface area contributed by atoms with Crippen LogP contribution in [0.4, 0.5) is 5.69 Å². The Hall–Kier alpha value is -3.56. The number of carbonyl (C=O) groups excluding carboxylic acids is 2. The van der Waals surface area contributed by atoms with Crippen LogP contribution in [0.5, 0.6) is 11.5 Å². The molecule has 0 unspecified atom stereocenters. The number of phenolic OH excluding ortho intramolecular Hbond substituents is 1. The highest BCUT2D eigenvalue weighted by atomic mass is 16.5. The van der Waals surface area contributed by atoms with Crippen LogP contribution in [0.1, 0.15) is 56.7 Å². The van der Waals surface area contributed by atoms with Gasteiger partial charge in [-0.2, -0.15) is 0 Å². The smallest absolute Gasteiger partial charge is 0.310 e. The molecule has 9 nitrogen and oxygen atoms in total. The number of amides is 1. The van der Waals surface area contributed by atoms with Crippen molar-refractivity contribution >= 4 is 17.6 Å². The summed E-state index contributed by atoms with van der Waals surface area (Å²) in [6.45, 7) is 7.07. The maximum atomic E-state index is 13.3. The van der Waals surface area contributed by atoms with Gasteiger partial charge in [0.25, 0.3) is 5.91 Å². The minimum Gasteiger partial charge on any atom is -0.508 e. The van der Waals surface area contributed by atoms with Crippen LogP contribution in [-0.4, -0.2) is 69.5 Å². The van der Waals surface area contributed by atoms with Crippen LogP contribution < -0.4 is 10.1 Å². The standard InChI is InChI=1S/C32H38N2O7/c1-4-40-25(36)15-19-7-10-22(11-8-19)33-30(38)18(2)27(37)29-32-13-14-34(17-20-5-6-20)24(31(32,3)39)16-21-9-12-23(35)28(41-29)26(21)32/h7-12,20,24,29,35,37,39H,4-6,13-17H2,1-3H3,(H,33,38)/b27-18-/t24-,29+,31-,32+/m1/s1. The van der Waals surface area contributed by atoms with Gasteiger partial charge in [-0.15, -0.1) is 0 Å². The average molecular weight is 563 g/mol. The molecule has 0 aromatic heterocycles. The second-order valence-corrected chi connectivity index (χ2v) is 12.1. The molecule has 1 saturated carbocycles. The number of rotatable bonds is 8. The Morgan fingerprint density at radius 1 is 1.17 bits per heavy atom. The number of phenols is 1. The molecule has 4 atom stereocenters. The van der Waals surface area contributed by atoms with E-state index in [9.17, 15) is 24.9 Å². The van der Waals surface area contributed by atoms with E-state index in [4.69, 9.17) is 9.47 Å². The van der Waals surface area contributed by atoms with Gasteiger partial charge in [-0.05, 0) is 88.2 Å². The lowest BCUT2D eigenvalue weighted by Crippen LogP contribution is -2.73. The number of aliphatic hydroxyl groups is 2. The number of nitrogens with zero attached hydrogens (tertiary/aromatic N) is 1. The average Bonchev–Trinajstić information content (AvgIpc) is 3.68. The number of hydrogen-bond acceptors (Lipinski definition) is 8. The molecule has 2 bridgehead atoms. The zero-order chi connectivity index (χ0) is 29.1. The van der Waals surface area contributed by atoms with E-state index in [-0.39, 0.29) is 41.3 Å². The summed E-state index contributed by atoms with van der Waals surface area (Å²) in [7, 11) is 0. The predicted octanol–water partition coefficient (Wildman–Crippen LogP) is 3.76. The van der Waals surface area contributed by atoms with Crippen molar-refractivity contribution in [3.05, 3.63) is 64.4 Å². The van der Waals surface area contributed by atoms with E-state index < -0.39 is 23.0 Å². The molecule has 1 saturated heterocycles. The Kier molecular flexibility index (Phi) is 6.77. The van der Waals surface area contributed by atoms with Crippen molar-refractivity contribution in [1.29, 1.82) is 0 Å². The lowest BCUT2D eigenvalue weighted by atomic mass is 9.53. The number of piperidine rings is 1. The first-order chi connectivity index (χ1) is 19.6. The fourth-order valence-corrected chi connectivity index (χ4v) is 7.20. The zero-order valence-electron chi connectivity index (χ0n) is 23.8. The van der Waals surface area contributed by atoms with E-state index in [1.165, 1.54) is 19.8 Å². The Morgan fingerprint density at radius 3 is 2.59 bits per heavy atom. The van der Waals surface area contributed by atoms with Gasteiger partial charge in [-0.1, -0.05) is 18.2 Å². The highest BCUT2D eigenvalue weighted by Crippen LogP contribution is 2.63. The summed E-state index contributed by atoms with van der Waals surface area (Å²) >= 11 is 0. The highest BCUT2D eigenvalue weighted by Gasteiger charge is 2.69. The van der Waals surface area contributed by atoms with E-state index >= 15 is 0 Å². The zero-order valence-corrected chi connectivity index (χ0v) is 23.8. The van der Waals surface area contributed by atoms with Gasteiger partial charge in [0.05, 0.1) is 29.6 Å². The van der Waals surface area contributed by atoms with Crippen molar-refractivity contribution in [2.45, 2.75) is 76.0 Å². The Labute approximate surface area is 239 Å². The van der Waals surface area contributed by atoms with Crippen LogP contribution in [0, 0.1) is 5.92 Å². The molecule has 2 heterocycles. The first-order valence-corrected chi connectivity index (χ1v) is 14.5. The molecule has 2 aliphatic heterocycles. The maximum Gasteiger partial charge on any atom is 0.310 e.